The van der Waals surface area contributed by atoms with Crippen molar-refractivity contribution in [3.05, 3.63) is 40.5 Å². The number of hydrogen-bond acceptors (Lipinski definition) is 6. The average Bonchev–Trinajstić information content (AvgIpc) is 3.12. The van der Waals surface area contributed by atoms with Gasteiger partial charge in [-0.25, -0.2) is 0 Å². The first-order chi connectivity index (χ1) is 11.0. The van der Waals surface area contributed by atoms with Crippen LogP contribution < -0.4 is 4.74 Å². The van der Waals surface area contributed by atoms with Gasteiger partial charge in [0.2, 0.25) is 5.89 Å². The van der Waals surface area contributed by atoms with Crippen LogP contribution in [0.3, 0.4) is 0 Å². The second-order valence-corrected chi connectivity index (χ2v) is 5.77. The molecular formula is C15H16ClN3O4. The molecule has 1 aliphatic rings. The summed E-state index contributed by atoms with van der Waals surface area (Å²) in [7, 11) is 1.47. The molecule has 0 aliphatic carbocycles. The third-order valence-electron chi connectivity index (χ3n) is 3.78. The predicted molar refractivity (Wildman–Crippen MR) is 81.4 cm³/mol. The second-order valence-electron chi connectivity index (χ2n) is 5.36. The molecule has 2 atom stereocenters. The van der Waals surface area contributed by atoms with Crippen LogP contribution in [0, 0.1) is 6.92 Å². The van der Waals surface area contributed by atoms with E-state index in [1.54, 1.807) is 25.1 Å². The maximum absolute atomic E-state index is 12.9. The van der Waals surface area contributed by atoms with E-state index in [0.717, 1.165) is 0 Å². The van der Waals surface area contributed by atoms with Crippen LogP contribution in [0.25, 0.3) is 0 Å². The first-order valence-electron chi connectivity index (χ1n) is 7.13. The molecule has 1 aromatic heterocycles. The Morgan fingerprint density at radius 2 is 2.30 bits per heavy atom. The highest BCUT2D eigenvalue weighted by Crippen LogP contribution is 2.36. The van der Waals surface area contributed by atoms with E-state index in [4.69, 9.17) is 20.9 Å². The number of aryl methyl sites for hydroxylation is 1. The molecule has 1 saturated heterocycles. The SMILES string of the molecule is COc1cccc(Cl)c1C(=O)N1C[C@H](O)C[C@@H]1c1nc(C)no1. The zero-order valence-electron chi connectivity index (χ0n) is 12.7. The lowest BCUT2D eigenvalue weighted by atomic mass is 10.1. The Balaban J connectivity index is 1.97. The number of β-amino-alcohol motifs (C(OH)–C–C–N with tert-alkyl or cyclic N) is 1. The van der Waals surface area contributed by atoms with Gasteiger partial charge in [0.15, 0.2) is 5.82 Å². The lowest BCUT2D eigenvalue weighted by Gasteiger charge is -2.23. The summed E-state index contributed by atoms with van der Waals surface area (Å²) >= 11 is 6.17. The normalized spacial score (nSPS) is 20.8. The summed E-state index contributed by atoms with van der Waals surface area (Å²) in [5, 5.41) is 14.0. The van der Waals surface area contributed by atoms with Gasteiger partial charge in [0.05, 0.1) is 18.2 Å². The predicted octanol–water partition coefficient (Wildman–Crippen LogP) is 1.99. The maximum atomic E-state index is 12.9. The summed E-state index contributed by atoms with van der Waals surface area (Å²) in [6.07, 6.45) is -0.329. The highest BCUT2D eigenvalue weighted by atomic mass is 35.5. The maximum Gasteiger partial charge on any atom is 0.259 e. The molecule has 0 radical (unpaired) electrons. The molecule has 1 fully saturated rings. The minimum absolute atomic E-state index is 0.166. The van der Waals surface area contributed by atoms with Crippen LogP contribution in [0.1, 0.15) is 34.5 Å². The molecule has 0 bridgehead atoms. The van der Waals surface area contributed by atoms with Gasteiger partial charge in [-0.2, -0.15) is 4.98 Å². The lowest BCUT2D eigenvalue weighted by Crippen LogP contribution is -2.32. The van der Waals surface area contributed by atoms with Gasteiger partial charge in [-0.3, -0.25) is 4.79 Å². The standard InChI is InChI=1S/C15H16ClN3O4/c1-8-17-14(23-18-8)11-6-9(20)7-19(11)15(21)13-10(16)4-3-5-12(13)22-2/h3-5,9,11,20H,6-7H2,1-2H3/t9-,11-/m1/s1. The van der Waals surface area contributed by atoms with E-state index in [0.29, 0.717) is 23.9 Å². The summed E-state index contributed by atoms with van der Waals surface area (Å²) in [4.78, 5) is 18.6. The lowest BCUT2D eigenvalue weighted by molar-refractivity contribution is 0.0690. The van der Waals surface area contributed by atoms with Gasteiger partial charge in [0.25, 0.3) is 5.91 Å². The number of rotatable bonds is 3. The fourth-order valence-corrected chi connectivity index (χ4v) is 2.99. The van der Waals surface area contributed by atoms with E-state index in [1.165, 1.54) is 12.0 Å². The first kappa shape index (κ1) is 15.8. The summed E-state index contributed by atoms with van der Waals surface area (Å²) in [5.41, 5.74) is 0.256. The fraction of sp³-hybridized carbons (Fsp3) is 0.400. The highest BCUT2D eigenvalue weighted by molar-refractivity contribution is 6.34. The number of aromatic nitrogens is 2. The highest BCUT2D eigenvalue weighted by Gasteiger charge is 2.40. The van der Waals surface area contributed by atoms with Crippen molar-refractivity contribution in [3.8, 4) is 5.75 Å². The van der Waals surface area contributed by atoms with Gasteiger partial charge in [-0.1, -0.05) is 22.8 Å². The Morgan fingerprint density at radius 3 is 2.96 bits per heavy atom. The van der Waals surface area contributed by atoms with Crippen molar-refractivity contribution in [1.29, 1.82) is 0 Å². The fourth-order valence-electron chi connectivity index (χ4n) is 2.75. The molecular weight excluding hydrogens is 322 g/mol. The third kappa shape index (κ3) is 2.89. The molecule has 7 nitrogen and oxygen atoms in total. The average molecular weight is 338 g/mol. The van der Waals surface area contributed by atoms with Gasteiger partial charge >= 0.3 is 0 Å². The number of carbonyl (C=O) groups is 1. The topological polar surface area (TPSA) is 88.7 Å². The monoisotopic (exact) mass is 337 g/mol. The molecule has 8 heteroatoms. The molecule has 0 unspecified atom stereocenters. The summed E-state index contributed by atoms with van der Waals surface area (Å²) in [6, 6.07) is 4.50. The summed E-state index contributed by atoms with van der Waals surface area (Å²) < 4.78 is 10.4. The van der Waals surface area contributed by atoms with E-state index in [-0.39, 0.29) is 23.0 Å². The van der Waals surface area contributed by atoms with Crippen molar-refractivity contribution in [2.75, 3.05) is 13.7 Å². The number of likely N-dealkylation sites (tertiary alicyclic amines) is 1. The van der Waals surface area contributed by atoms with Crippen LogP contribution in [0.5, 0.6) is 5.75 Å². The largest absolute Gasteiger partial charge is 0.496 e. The molecule has 23 heavy (non-hydrogen) atoms. The molecule has 122 valence electrons. The Hall–Kier alpha value is -2.12. The zero-order valence-corrected chi connectivity index (χ0v) is 13.4. The second kappa shape index (κ2) is 6.17. The molecule has 1 aliphatic heterocycles. The number of ether oxygens (including phenoxy) is 1. The number of amides is 1. The molecule has 2 heterocycles. The molecule has 0 saturated carbocycles. The van der Waals surface area contributed by atoms with Crippen LogP contribution in [0.2, 0.25) is 5.02 Å². The van der Waals surface area contributed by atoms with Crippen molar-refractivity contribution in [3.63, 3.8) is 0 Å². The van der Waals surface area contributed by atoms with Gasteiger partial charge < -0.3 is 19.3 Å². The number of aliphatic hydroxyl groups is 1. The van der Waals surface area contributed by atoms with Crippen LogP contribution in [-0.4, -0.2) is 45.8 Å². The van der Waals surface area contributed by atoms with Crippen molar-refractivity contribution in [1.82, 2.24) is 15.0 Å². The van der Waals surface area contributed by atoms with Crippen molar-refractivity contribution in [2.24, 2.45) is 0 Å². The van der Waals surface area contributed by atoms with Gasteiger partial charge in [-0.05, 0) is 19.1 Å². The number of aliphatic hydroxyl groups excluding tert-OH is 1. The Labute approximate surface area is 137 Å². The van der Waals surface area contributed by atoms with E-state index in [1.807, 2.05) is 0 Å². The van der Waals surface area contributed by atoms with E-state index >= 15 is 0 Å². The summed E-state index contributed by atoms with van der Waals surface area (Å²) in [5.74, 6) is 0.816. The van der Waals surface area contributed by atoms with E-state index in [2.05, 4.69) is 10.1 Å². The number of nitrogens with zero attached hydrogens (tertiary/aromatic N) is 3. The number of halogens is 1. The molecule has 1 N–H and O–H groups in total. The Bertz CT molecular complexity index is 733. The number of carbonyl (C=O) groups excluding carboxylic acids is 1. The molecule has 0 spiro atoms. The molecule has 1 aromatic carbocycles. The number of hydrogen-bond donors (Lipinski definition) is 1. The van der Waals surface area contributed by atoms with Crippen LogP contribution in [0.15, 0.2) is 22.7 Å². The third-order valence-corrected chi connectivity index (χ3v) is 4.09. The van der Waals surface area contributed by atoms with E-state index < -0.39 is 12.1 Å². The zero-order chi connectivity index (χ0) is 16.6. The van der Waals surface area contributed by atoms with Gasteiger partial charge in [0, 0.05) is 13.0 Å². The summed E-state index contributed by atoms with van der Waals surface area (Å²) in [6.45, 7) is 1.86. The smallest absolute Gasteiger partial charge is 0.259 e. The number of benzene rings is 1. The Morgan fingerprint density at radius 1 is 1.52 bits per heavy atom. The number of methoxy groups -OCH3 is 1. The molecule has 3 rings (SSSR count). The van der Waals surface area contributed by atoms with Crippen molar-refractivity contribution < 1.29 is 19.2 Å². The molecule has 2 aromatic rings. The minimum Gasteiger partial charge on any atom is -0.496 e. The first-order valence-corrected chi connectivity index (χ1v) is 7.50. The van der Waals surface area contributed by atoms with Gasteiger partial charge in [-0.15, -0.1) is 0 Å². The van der Waals surface area contributed by atoms with Gasteiger partial charge in [0.1, 0.15) is 17.4 Å². The van der Waals surface area contributed by atoms with Crippen molar-refractivity contribution in [2.45, 2.75) is 25.5 Å². The van der Waals surface area contributed by atoms with Crippen molar-refractivity contribution >= 4 is 17.5 Å². The molecule has 1 amide bonds. The quantitative estimate of drug-likeness (QED) is 0.921. The van der Waals surface area contributed by atoms with Crippen LogP contribution >= 0.6 is 11.6 Å². The minimum atomic E-state index is -0.662. The Kier molecular flexibility index (Phi) is 4.23. The van der Waals surface area contributed by atoms with Crippen LogP contribution in [-0.2, 0) is 0 Å². The van der Waals surface area contributed by atoms with E-state index in [9.17, 15) is 9.90 Å². The van der Waals surface area contributed by atoms with Crippen LogP contribution in [0.4, 0.5) is 0 Å².